The molecule has 0 aliphatic heterocycles. The number of anilines is 1. The molecule has 152 valence electrons. The summed E-state index contributed by atoms with van der Waals surface area (Å²) in [6.07, 6.45) is 3.63. The molecular weight excluding hydrogens is 390 g/mol. The Labute approximate surface area is 173 Å². The number of benzene rings is 1. The highest BCUT2D eigenvalue weighted by Gasteiger charge is 2.13. The molecule has 0 atom stereocenters. The summed E-state index contributed by atoms with van der Waals surface area (Å²) in [5, 5.41) is 10.4. The first kappa shape index (κ1) is 20.7. The van der Waals surface area contributed by atoms with Crippen LogP contribution in [0.15, 0.2) is 45.6 Å². The number of thiophene rings is 1. The lowest BCUT2D eigenvalue weighted by molar-refractivity contribution is -0.147. The van der Waals surface area contributed by atoms with Gasteiger partial charge in [0.1, 0.15) is 0 Å². The summed E-state index contributed by atoms with van der Waals surface area (Å²) in [4.78, 5) is 28.1. The molecule has 3 rings (SSSR count). The second-order valence-corrected chi connectivity index (χ2v) is 7.31. The molecule has 0 aliphatic rings. The van der Waals surface area contributed by atoms with E-state index in [9.17, 15) is 9.59 Å². The Morgan fingerprint density at radius 3 is 2.72 bits per heavy atom. The van der Waals surface area contributed by atoms with Gasteiger partial charge in [0.05, 0.1) is 6.42 Å². The number of hydrogen-bond acceptors (Lipinski definition) is 7. The van der Waals surface area contributed by atoms with Crippen molar-refractivity contribution >= 4 is 28.9 Å². The van der Waals surface area contributed by atoms with Gasteiger partial charge in [0.2, 0.25) is 11.7 Å². The standard InChI is InChI=1S/C21H23N3O4S/c1-2-3-4-15-5-7-17(8-6-15)22-18(25)13-27-20(26)10-9-19-23-21(24-28-19)16-11-12-29-14-16/h5-8,11-12,14H,2-4,9-10,13H2,1H3,(H,22,25). The van der Waals surface area contributed by atoms with E-state index in [4.69, 9.17) is 9.26 Å². The van der Waals surface area contributed by atoms with Crippen molar-refractivity contribution in [2.45, 2.75) is 39.0 Å². The third kappa shape index (κ3) is 6.53. The molecule has 7 nitrogen and oxygen atoms in total. The van der Waals surface area contributed by atoms with Crippen LogP contribution in [0.2, 0.25) is 0 Å². The maximum atomic E-state index is 12.0. The van der Waals surface area contributed by atoms with Gasteiger partial charge in [-0.15, -0.1) is 0 Å². The summed E-state index contributed by atoms with van der Waals surface area (Å²) in [6, 6.07) is 9.58. The van der Waals surface area contributed by atoms with E-state index in [1.807, 2.05) is 41.1 Å². The van der Waals surface area contributed by atoms with E-state index in [-0.39, 0.29) is 25.4 Å². The zero-order chi connectivity index (χ0) is 20.5. The van der Waals surface area contributed by atoms with Gasteiger partial charge in [-0.3, -0.25) is 9.59 Å². The molecule has 8 heteroatoms. The Morgan fingerprint density at radius 2 is 2.00 bits per heavy atom. The number of unbranched alkanes of at least 4 members (excludes halogenated alkanes) is 1. The molecule has 0 saturated heterocycles. The van der Waals surface area contributed by atoms with Crippen LogP contribution in [0.25, 0.3) is 11.4 Å². The molecule has 0 saturated carbocycles. The van der Waals surface area contributed by atoms with Gasteiger partial charge < -0.3 is 14.6 Å². The minimum atomic E-state index is -0.495. The van der Waals surface area contributed by atoms with Crippen LogP contribution in [0.4, 0.5) is 5.69 Å². The second kappa shape index (κ2) is 10.5. The Kier molecular flexibility index (Phi) is 7.52. The first-order valence-electron chi connectivity index (χ1n) is 9.53. The summed E-state index contributed by atoms with van der Waals surface area (Å²) < 4.78 is 10.1. The molecule has 0 aliphatic carbocycles. The highest BCUT2D eigenvalue weighted by molar-refractivity contribution is 7.08. The fourth-order valence-electron chi connectivity index (χ4n) is 2.63. The predicted molar refractivity (Wildman–Crippen MR) is 111 cm³/mol. The van der Waals surface area contributed by atoms with E-state index in [2.05, 4.69) is 22.4 Å². The normalized spacial score (nSPS) is 10.7. The zero-order valence-corrected chi connectivity index (χ0v) is 17.0. The van der Waals surface area contributed by atoms with E-state index in [1.165, 1.54) is 5.56 Å². The molecule has 0 unspecified atom stereocenters. The van der Waals surface area contributed by atoms with E-state index in [0.717, 1.165) is 24.8 Å². The Morgan fingerprint density at radius 1 is 1.17 bits per heavy atom. The summed E-state index contributed by atoms with van der Waals surface area (Å²) in [6.45, 7) is 1.82. The van der Waals surface area contributed by atoms with Gasteiger partial charge in [-0.05, 0) is 42.0 Å². The van der Waals surface area contributed by atoms with Gasteiger partial charge in [-0.25, -0.2) is 0 Å². The predicted octanol–water partition coefficient (Wildman–Crippen LogP) is 4.26. The Bertz CT molecular complexity index is 920. The number of carbonyl (C=O) groups is 2. The average Bonchev–Trinajstić information content (AvgIpc) is 3.42. The monoisotopic (exact) mass is 413 g/mol. The lowest BCUT2D eigenvalue weighted by Gasteiger charge is -2.07. The van der Waals surface area contributed by atoms with Gasteiger partial charge >= 0.3 is 5.97 Å². The number of hydrogen-bond donors (Lipinski definition) is 1. The average molecular weight is 413 g/mol. The number of nitrogens with one attached hydrogen (secondary N) is 1. The molecule has 0 spiro atoms. The van der Waals surface area contributed by atoms with Crippen LogP contribution < -0.4 is 5.32 Å². The molecule has 0 bridgehead atoms. The topological polar surface area (TPSA) is 94.3 Å². The maximum Gasteiger partial charge on any atom is 0.306 e. The number of ether oxygens (including phenoxy) is 1. The van der Waals surface area contributed by atoms with Crippen molar-refractivity contribution in [2.75, 3.05) is 11.9 Å². The highest BCUT2D eigenvalue weighted by atomic mass is 32.1. The largest absolute Gasteiger partial charge is 0.456 e. The van der Waals surface area contributed by atoms with Crippen molar-refractivity contribution in [3.8, 4) is 11.4 Å². The number of nitrogens with zero attached hydrogens (tertiary/aromatic N) is 2. The van der Waals surface area contributed by atoms with Crippen LogP contribution in [0.3, 0.4) is 0 Å². The summed E-state index contributed by atoms with van der Waals surface area (Å²) >= 11 is 1.54. The molecule has 1 amide bonds. The van der Waals surface area contributed by atoms with Crippen LogP contribution in [-0.2, 0) is 27.2 Å². The third-order valence-corrected chi connectivity index (χ3v) is 4.89. The van der Waals surface area contributed by atoms with Crippen molar-refractivity contribution in [3.05, 3.63) is 52.5 Å². The number of carbonyl (C=O) groups excluding carboxylic acids is 2. The molecule has 1 N–H and O–H groups in total. The molecule has 2 aromatic heterocycles. The molecule has 3 aromatic rings. The van der Waals surface area contributed by atoms with Crippen LogP contribution in [0.1, 0.15) is 37.6 Å². The minimum Gasteiger partial charge on any atom is -0.456 e. The lowest BCUT2D eigenvalue weighted by Crippen LogP contribution is -2.21. The molecular formula is C21H23N3O4S. The number of esters is 1. The van der Waals surface area contributed by atoms with Crippen LogP contribution >= 0.6 is 11.3 Å². The summed E-state index contributed by atoms with van der Waals surface area (Å²) in [7, 11) is 0. The Balaban J connectivity index is 1.37. The smallest absolute Gasteiger partial charge is 0.306 e. The number of rotatable bonds is 10. The summed E-state index contributed by atoms with van der Waals surface area (Å²) in [5.41, 5.74) is 2.79. The lowest BCUT2D eigenvalue weighted by atomic mass is 10.1. The van der Waals surface area contributed by atoms with Gasteiger partial charge in [0, 0.05) is 23.1 Å². The minimum absolute atomic E-state index is 0.0602. The van der Waals surface area contributed by atoms with Crippen molar-refractivity contribution < 1.29 is 18.8 Å². The molecule has 2 heterocycles. The highest BCUT2D eigenvalue weighted by Crippen LogP contribution is 2.19. The van der Waals surface area contributed by atoms with Gasteiger partial charge in [0.25, 0.3) is 5.91 Å². The fraction of sp³-hybridized carbons (Fsp3) is 0.333. The summed E-state index contributed by atoms with van der Waals surface area (Å²) in [5.74, 6) is -0.0204. The third-order valence-electron chi connectivity index (χ3n) is 4.21. The van der Waals surface area contributed by atoms with Crippen LogP contribution in [-0.4, -0.2) is 28.6 Å². The maximum absolute atomic E-state index is 12.0. The first-order chi connectivity index (χ1) is 14.1. The number of aryl methyl sites for hydroxylation is 2. The molecule has 0 radical (unpaired) electrons. The quantitative estimate of drug-likeness (QED) is 0.499. The van der Waals surface area contributed by atoms with Gasteiger partial charge in [0.15, 0.2) is 6.61 Å². The van der Waals surface area contributed by atoms with Crippen molar-refractivity contribution in [1.29, 1.82) is 0 Å². The van der Waals surface area contributed by atoms with E-state index in [1.54, 1.807) is 11.3 Å². The van der Waals surface area contributed by atoms with E-state index in [0.29, 0.717) is 17.4 Å². The molecule has 29 heavy (non-hydrogen) atoms. The number of aromatic nitrogens is 2. The molecule has 1 aromatic carbocycles. The molecule has 0 fully saturated rings. The van der Waals surface area contributed by atoms with E-state index < -0.39 is 5.97 Å². The van der Waals surface area contributed by atoms with Gasteiger partial charge in [-0.1, -0.05) is 30.6 Å². The number of amides is 1. The van der Waals surface area contributed by atoms with E-state index >= 15 is 0 Å². The van der Waals surface area contributed by atoms with Crippen LogP contribution in [0, 0.1) is 0 Å². The SMILES string of the molecule is CCCCc1ccc(NC(=O)COC(=O)CCc2nc(-c3ccsc3)no2)cc1. The van der Waals surface area contributed by atoms with Crippen molar-refractivity contribution in [1.82, 2.24) is 10.1 Å². The van der Waals surface area contributed by atoms with Crippen molar-refractivity contribution in [2.24, 2.45) is 0 Å². The van der Waals surface area contributed by atoms with Crippen molar-refractivity contribution in [3.63, 3.8) is 0 Å². The zero-order valence-electron chi connectivity index (χ0n) is 16.2. The van der Waals surface area contributed by atoms with Gasteiger partial charge in [-0.2, -0.15) is 16.3 Å². The Hall–Kier alpha value is -3.00. The second-order valence-electron chi connectivity index (χ2n) is 6.53. The van der Waals surface area contributed by atoms with Crippen LogP contribution in [0.5, 0.6) is 0 Å². The fourth-order valence-corrected chi connectivity index (χ4v) is 3.26. The first-order valence-corrected chi connectivity index (χ1v) is 10.5.